The largest absolute Gasteiger partial charge is 0.416 e. The molecule has 0 spiro atoms. The van der Waals surface area contributed by atoms with E-state index in [1.54, 1.807) is 6.26 Å². The van der Waals surface area contributed by atoms with Crippen LogP contribution in [0.1, 0.15) is 5.56 Å². The molecule has 0 aliphatic heterocycles. The van der Waals surface area contributed by atoms with Crippen LogP contribution < -0.4 is 11.1 Å². The fraction of sp³-hybridized carbons (Fsp3) is 0.167. The van der Waals surface area contributed by atoms with Gasteiger partial charge < -0.3 is 11.1 Å². The van der Waals surface area contributed by atoms with Crippen molar-refractivity contribution in [2.75, 3.05) is 17.3 Å². The van der Waals surface area contributed by atoms with Crippen molar-refractivity contribution < 1.29 is 13.2 Å². The molecule has 0 saturated carbocycles. The second-order valence-corrected chi connectivity index (χ2v) is 4.64. The molecule has 20 heavy (non-hydrogen) atoms. The lowest BCUT2D eigenvalue weighted by molar-refractivity contribution is -0.137. The molecule has 106 valence electrons. The lowest BCUT2D eigenvalue weighted by Gasteiger charge is -2.10. The number of hydrogen-bond acceptors (Lipinski definition) is 5. The summed E-state index contributed by atoms with van der Waals surface area (Å²) >= 11 is 1.29. The maximum absolute atomic E-state index is 12.6. The van der Waals surface area contributed by atoms with Gasteiger partial charge in [0.1, 0.15) is 11.6 Å². The number of aromatic nitrogens is 2. The summed E-state index contributed by atoms with van der Waals surface area (Å²) in [7, 11) is 0. The zero-order valence-electron chi connectivity index (χ0n) is 10.4. The number of alkyl halides is 3. The highest BCUT2D eigenvalue weighted by molar-refractivity contribution is 7.98. The van der Waals surface area contributed by atoms with Crippen LogP contribution >= 0.6 is 11.8 Å². The van der Waals surface area contributed by atoms with Crippen LogP contribution in [-0.4, -0.2) is 16.2 Å². The number of benzene rings is 1. The van der Waals surface area contributed by atoms with Crippen LogP contribution in [0.5, 0.6) is 0 Å². The molecule has 0 aliphatic carbocycles. The highest BCUT2D eigenvalue weighted by Gasteiger charge is 2.30. The summed E-state index contributed by atoms with van der Waals surface area (Å²) in [6.07, 6.45) is -2.60. The van der Waals surface area contributed by atoms with E-state index in [9.17, 15) is 13.2 Å². The van der Waals surface area contributed by atoms with Crippen molar-refractivity contribution in [1.29, 1.82) is 0 Å². The molecule has 1 heterocycles. The molecule has 8 heteroatoms. The third-order valence-electron chi connectivity index (χ3n) is 2.37. The predicted molar refractivity (Wildman–Crippen MR) is 73.0 cm³/mol. The van der Waals surface area contributed by atoms with Gasteiger partial charge in [0.2, 0.25) is 0 Å². The van der Waals surface area contributed by atoms with Gasteiger partial charge in [-0.3, -0.25) is 0 Å². The fourth-order valence-corrected chi connectivity index (χ4v) is 1.91. The van der Waals surface area contributed by atoms with Crippen molar-refractivity contribution in [3.05, 3.63) is 35.9 Å². The van der Waals surface area contributed by atoms with E-state index in [-0.39, 0.29) is 11.5 Å². The van der Waals surface area contributed by atoms with Crippen molar-refractivity contribution in [3.63, 3.8) is 0 Å². The van der Waals surface area contributed by atoms with E-state index in [4.69, 9.17) is 5.73 Å². The minimum absolute atomic E-state index is 0.249. The molecule has 3 N–H and O–H groups in total. The van der Waals surface area contributed by atoms with Gasteiger partial charge in [0.05, 0.1) is 5.56 Å². The molecule has 4 nitrogen and oxygen atoms in total. The number of nitrogens with zero attached hydrogens (tertiary/aromatic N) is 2. The molecule has 0 fully saturated rings. The number of anilines is 3. The van der Waals surface area contributed by atoms with Crippen LogP contribution in [-0.2, 0) is 6.18 Å². The number of nitrogens with two attached hydrogens (primary N) is 1. The van der Waals surface area contributed by atoms with Gasteiger partial charge in [0, 0.05) is 11.8 Å². The molecule has 0 amide bonds. The first-order valence-electron chi connectivity index (χ1n) is 5.51. The Hall–Kier alpha value is -1.96. The number of rotatable bonds is 3. The third kappa shape index (κ3) is 3.53. The number of halogens is 3. The molecular formula is C12H11F3N4S. The maximum Gasteiger partial charge on any atom is 0.416 e. The standard InChI is InChI=1S/C12H11F3N4S/c1-20-11-18-9(16)6-10(19-11)17-8-4-2-3-7(5-8)12(13,14)15/h2-6H,1H3,(H3,16,17,18,19). The Bertz CT molecular complexity index is 616. The predicted octanol–water partition coefficient (Wildman–Crippen LogP) is 3.54. The first-order chi connectivity index (χ1) is 9.38. The molecule has 0 unspecified atom stereocenters. The van der Waals surface area contributed by atoms with Gasteiger partial charge in [-0.1, -0.05) is 17.8 Å². The second kappa shape index (κ2) is 5.58. The molecule has 0 aliphatic rings. The summed E-state index contributed by atoms with van der Waals surface area (Å²) in [5.41, 5.74) is 5.16. The van der Waals surface area contributed by atoms with E-state index < -0.39 is 11.7 Å². The number of nitrogens with one attached hydrogen (secondary N) is 1. The lowest BCUT2D eigenvalue weighted by atomic mass is 10.2. The molecule has 0 radical (unpaired) electrons. The Kier molecular flexibility index (Phi) is 4.03. The van der Waals surface area contributed by atoms with E-state index in [2.05, 4.69) is 15.3 Å². The first-order valence-corrected chi connectivity index (χ1v) is 6.74. The van der Waals surface area contributed by atoms with Crippen LogP contribution in [0.4, 0.5) is 30.5 Å². The summed E-state index contributed by atoms with van der Waals surface area (Å²) in [6, 6.07) is 6.32. The topological polar surface area (TPSA) is 63.8 Å². The van der Waals surface area contributed by atoms with Crippen LogP contribution in [0.25, 0.3) is 0 Å². The van der Waals surface area contributed by atoms with Crippen LogP contribution in [0.2, 0.25) is 0 Å². The molecule has 2 aromatic rings. The number of thioether (sulfide) groups is 1. The zero-order chi connectivity index (χ0) is 14.8. The lowest BCUT2D eigenvalue weighted by Crippen LogP contribution is -2.05. The SMILES string of the molecule is CSc1nc(N)cc(Nc2cccc(C(F)(F)F)c2)n1. The first kappa shape index (κ1) is 14.4. The molecule has 1 aromatic heterocycles. The highest BCUT2D eigenvalue weighted by atomic mass is 32.2. The second-order valence-electron chi connectivity index (χ2n) is 3.87. The van der Waals surface area contributed by atoms with E-state index in [0.717, 1.165) is 12.1 Å². The average molecular weight is 300 g/mol. The average Bonchev–Trinajstić information content (AvgIpc) is 2.37. The van der Waals surface area contributed by atoms with Crippen molar-refractivity contribution in [1.82, 2.24) is 9.97 Å². The van der Waals surface area contributed by atoms with Gasteiger partial charge in [-0.05, 0) is 24.5 Å². The summed E-state index contributed by atoms with van der Waals surface area (Å²) in [4.78, 5) is 8.08. The normalized spacial score (nSPS) is 11.4. The molecule has 1 aromatic carbocycles. The smallest absolute Gasteiger partial charge is 0.383 e. The van der Waals surface area contributed by atoms with E-state index >= 15 is 0 Å². The van der Waals surface area contributed by atoms with E-state index in [1.165, 1.54) is 30.0 Å². The summed E-state index contributed by atoms with van der Waals surface area (Å²) in [6.45, 7) is 0. The monoisotopic (exact) mass is 300 g/mol. The van der Waals surface area contributed by atoms with E-state index in [0.29, 0.717) is 11.0 Å². The Morgan fingerprint density at radius 1 is 1.20 bits per heavy atom. The van der Waals surface area contributed by atoms with Crippen LogP contribution in [0.3, 0.4) is 0 Å². The number of hydrogen-bond donors (Lipinski definition) is 2. The maximum atomic E-state index is 12.6. The van der Waals surface area contributed by atoms with Crippen molar-refractivity contribution in [2.45, 2.75) is 11.3 Å². The van der Waals surface area contributed by atoms with Gasteiger partial charge in [0.25, 0.3) is 0 Å². The molecule has 0 atom stereocenters. The Labute approximate surface area is 117 Å². The molecular weight excluding hydrogens is 289 g/mol. The quantitative estimate of drug-likeness (QED) is 0.670. The summed E-state index contributed by atoms with van der Waals surface area (Å²) in [5.74, 6) is 0.597. The Morgan fingerprint density at radius 2 is 1.95 bits per heavy atom. The Morgan fingerprint density at radius 3 is 2.60 bits per heavy atom. The van der Waals surface area contributed by atoms with Crippen LogP contribution in [0.15, 0.2) is 35.5 Å². The van der Waals surface area contributed by atoms with Crippen molar-refractivity contribution in [3.8, 4) is 0 Å². The minimum Gasteiger partial charge on any atom is -0.383 e. The van der Waals surface area contributed by atoms with Crippen molar-refractivity contribution >= 4 is 29.1 Å². The summed E-state index contributed by atoms with van der Waals surface area (Å²) in [5, 5.41) is 3.23. The minimum atomic E-state index is -4.38. The van der Waals surface area contributed by atoms with Gasteiger partial charge in [0.15, 0.2) is 5.16 Å². The van der Waals surface area contributed by atoms with Gasteiger partial charge >= 0.3 is 6.18 Å². The van der Waals surface area contributed by atoms with Gasteiger partial charge in [-0.25, -0.2) is 9.97 Å². The third-order valence-corrected chi connectivity index (χ3v) is 2.92. The van der Waals surface area contributed by atoms with Crippen LogP contribution in [0, 0.1) is 0 Å². The van der Waals surface area contributed by atoms with E-state index in [1.807, 2.05) is 0 Å². The highest BCUT2D eigenvalue weighted by Crippen LogP contribution is 2.31. The van der Waals surface area contributed by atoms with Gasteiger partial charge in [-0.15, -0.1) is 0 Å². The Balaban J connectivity index is 2.28. The van der Waals surface area contributed by atoms with Gasteiger partial charge in [-0.2, -0.15) is 13.2 Å². The zero-order valence-corrected chi connectivity index (χ0v) is 11.2. The molecule has 2 rings (SSSR count). The molecule has 0 bridgehead atoms. The fourth-order valence-electron chi connectivity index (χ4n) is 1.52. The molecule has 0 saturated heterocycles. The number of nitrogen functional groups attached to an aromatic ring is 1. The summed E-state index contributed by atoms with van der Waals surface area (Å²) < 4.78 is 37.8. The van der Waals surface area contributed by atoms with Crippen molar-refractivity contribution in [2.24, 2.45) is 0 Å².